The van der Waals surface area contributed by atoms with Crippen molar-refractivity contribution >= 4 is 23.3 Å². The molecule has 6 nitrogen and oxygen atoms in total. The summed E-state index contributed by atoms with van der Waals surface area (Å²) < 4.78 is 53.9. The van der Waals surface area contributed by atoms with Crippen LogP contribution < -0.4 is 26.0 Å². The van der Waals surface area contributed by atoms with Gasteiger partial charge in [0.1, 0.15) is 23.2 Å². The van der Waals surface area contributed by atoms with Crippen LogP contribution >= 0.6 is 11.6 Å². The largest absolute Gasteiger partial charge is 0.573 e. The lowest BCUT2D eigenvalue weighted by atomic mass is 10.1. The maximum Gasteiger partial charge on any atom is 0.573 e. The summed E-state index contributed by atoms with van der Waals surface area (Å²) in [6, 6.07) is 4.06. The fourth-order valence-corrected chi connectivity index (χ4v) is 2.87. The summed E-state index contributed by atoms with van der Waals surface area (Å²) in [6.45, 7) is 1.94. The molecule has 0 aromatic heterocycles. The third-order valence-electron chi connectivity index (χ3n) is 3.88. The number of amides is 2. The van der Waals surface area contributed by atoms with Crippen molar-refractivity contribution in [1.29, 1.82) is 0 Å². The number of carbonyl (C=O) groups is 1. The number of benzene rings is 1. The Hall–Kier alpha value is -1.78. The molecular formula is C16H21ClF4N4O2. The van der Waals surface area contributed by atoms with Crippen LogP contribution in [0, 0.1) is 0 Å². The Labute approximate surface area is 159 Å². The number of unbranched alkanes of at least 4 members (excludes halogenated alkanes) is 1. The predicted molar refractivity (Wildman–Crippen MR) is 93.2 cm³/mol. The number of anilines is 1. The van der Waals surface area contributed by atoms with Gasteiger partial charge in [0.25, 0.3) is 0 Å². The van der Waals surface area contributed by atoms with Gasteiger partial charge >= 0.3 is 12.4 Å². The van der Waals surface area contributed by atoms with Crippen LogP contribution in [0.2, 0.25) is 0 Å². The zero-order valence-electron chi connectivity index (χ0n) is 14.5. The first kappa shape index (κ1) is 21.5. The van der Waals surface area contributed by atoms with E-state index in [1.54, 1.807) is 0 Å². The molecular weight excluding hydrogens is 392 g/mol. The van der Waals surface area contributed by atoms with Gasteiger partial charge in [0.2, 0.25) is 0 Å². The molecule has 4 N–H and O–H groups in total. The monoisotopic (exact) mass is 412 g/mol. The molecule has 11 heteroatoms. The first-order valence-corrected chi connectivity index (χ1v) is 8.82. The molecule has 0 spiro atoms. The topological polar surface area (TPSA) is 74.4 Å². The summed E-state index contributed by atoms with van der Waals surface area (Å²) in [4.78, 5) is 12.3. The summed E-state index contributed by atoms with van der Waals surface area (Å²) in [6.07, 6.45) is -4.05. The van der Waals surface area contributed by atoms with Gasteiger partial charge in [0, 0.05) is 12.2 Å². The van der Waals surface area contributed by atoms with E-state index in [2.05, 4.69) is 26.0 Å². The molecule has 3 unspecified atom stereocenters. The number of urea groups is 1. The van der Waals surface area contributed by atoms with Gasteiger partial charge in [-0.3, -0.25) is 10.6 Å². The Morgan fingerprint density at radius 1 is 1.37 bits per heavy atom. The van der Waals surface area contributed by atoms with Gasteiger partial charge < -0.3 is 15.4 Å². The summed E-state index contributed by atoms with van der Waals surface area (Å²) in [5.41, 5.74) is -0.712. The average molecular weight is 413 g/mol. The minimum Gasteiger partial charge on any atom is -0.406 e. The van der Waals surface area contributed by atoms with Crippen molar-refractivity contribution in [2.45, 2.75) is 50.0 Å². The molecule has 0 aliphatic carbocycles. The van der Waals surface area contributed by atoms with Gasteiger partial charge in [-0.25, -0.2) is 9.18 Å². The minimum absolute atomic E-state index is 0.0331. The minimum atomic E-state index is -4.79. The van der Waals surface area contributed by atoms with E-state index >= 15 is 0 Å². The second-order valence-corrected chi connectivity index (χ2v) is 6.57. The lowest BCUT2D eigenvalue weighted by Crippen LogP contribution is -2.75. The molecule has 3 atom stereocenters. The average Bonchev–Trinajstić information content (AvgIpc) is 2.57. The number of hydrogen-bond acceptors (Lipinski definition) is 4. The maximum absolute atomic E-state index is 13.6. The van der Waals surface area contributed by atoms with Crippen LogP contribution in [0.3, 0.4) is 0 Å². The summed E-state index contributed by atoms with van der Waals surface area (Å²) in [5, 5.41) is 10.9. The van der Waals surface area contributed by atoms with Gasteiger partial charge in [-0.15, -0.1) is 24.8 Å². The van der Waals surface area contributed by atoms with E-state index in [-0.39, 0.29) is 12.2 Å². The van der Waals surface area contributed by atoms with Gasteiger partial charge in [0.15, 0.2) is 0 Å². The second kappa shape index (κ2) is 8.94. The fraction of sp³-hybridized carbons (Fsp3) is 0.562. The SMILES string of the molecule is CCCCC1(NC(=O)Nc2ccc(OC(F)(F)F)cc2)NCC(F)C(Cl)N1. The number of alkyl halides is 5. The standard InChI is InChI=1S/C16H21ClF4N4O2/c1-2-3-8-15(22-9-12(18)13(17)24-15)25-14(26)23-10-4-6-11(7-5-10)27-16(19,20)21/h4-7,12-13,22,24H,2-3,8-9H2,1H3,(H2,23,25,26). The lowest BCUT2D eigenvalue weighted by Gasteiger charge is -2.43. The molecule has 1 aliphatic rings. The highest BCUT2D eigenvalue weighted by molar-refractivity contribution is 6.20. The Balaban J connectivity index is 1.99. The number of hydrogen-bond donors (Lipinski definition) is 4. The van der Waals surface area contributed by atoms with Gasteiger partial charge in [-0.1, -0.05) is 13.3 Å². The fourth-order valence-electron chi connectivity index (χ4n) is 2.59. The molecule has 0 radical (unpaired) electrons. The van der Waals surface area contributed by atoms with Gasteiger partial charge in [0.05, 0.1) is 0 Å². The summed E-state index contributed by atoms with van der Waals surface area (Å²) >= 11 is 5.94. The van der Waals surface area contributed by atoms with E-state index in [9.17, 15) is 22.4 Å². The van der Waals surface area contributed by atoms with Crippen molar-refractivity contribution in [3.63, 3.8) is 0 Å². The maximum atomic E-state index is 13.6. The van der Waals surface area contributed by atoms with Crippen molar-refractivity contribution in [2.75, 3.05) is 11.9 Å². The molecule has 1 aromatic rings. The van der Waals surface area contributed by atoms with E-state index < -0.39 is 35.6 Å². The van der Waals surface area contributed by atoms with E-state index in [4.69, 9.17) is 11.6 Å². The molecule has 1 aromatic carbocycles. The molecule has 2 rings (SSSR count). The first-order valence-electron chi connectivity index (χ1n) is 8.38. The van der Waals surface area contributed by atoms with E-state index in [1.165, 1.54) is 12.1 Å². The Morgan fingerprint density at radius 2 is 2.04 bits per heavy atom. The number of nitrogens with one attached hydrogen (secondary N) is 4. The third-order valence-corrected chi connectivity index (χ3v) is 4.26. The van der Waals surface area contributed by atoms with Gasteiger partial charge in [-0.05, 0) is 37.1 Å². The van der Waals surface area contributed by atoms with Crippen LogP contribution in [0.1, 0.15) is 26.2 Å². The zero-order chi connectivity index (χ0) is 20.1. The molecule has 1 aliphatic heterocycles. The highest BCUT2D eigenvalue weighted by atomic mass is 35.5. The highest BCUT2D eigenvalue weighted by Gasteiger charge is 2.40. The molecule has 152 valence electrons. The molecule has 27 heavy (non-hydrogen) atoms. The van der Waals surface area contributed by atoms with Crippen molar-refractivity contribution in [3.05, 3.63) is 24.3 Å². The highest BCUT2D eigenvalue weighted by Crippen LogP contribution is 2.24. The van der Waals surface area contributed by atoms with Crippen molar-refractivity contribution in [1.82, 2.24) is 16.0 Å². The van der Waals surface area contributed by atoms with Crippen LogP contribution in [0.25, 0.3) is 0 Å². The summed E-state index contributed by atoms with van der Waals surface area (Å²) in [7, 11) is 0. The lowest BCUT2D eigenvalue weighted by molar-refractivity contribution is -0.274. The second-order valence-electron chi connectivity index (χ2n) is 6.10. The summed E-state index contributed by atoms with van der Waals surface area (Å²) in [5.74, 6) is -1.49. The van der Waals surface area contributed by atoms with Crippen molar-refractivity contribution in [3.8, 4) is 5.75 Å². The molecule has 2 amide bonds. The first-order chi connectivity index (χ1) is 12.6. The molecule has 1 saturated heterocycles. The van der Waals surface area contributed by atoms with Crippen LogP contribution in [-0.2, 0) is 0 Å². The number of carbonyl (C=O) groups excluding carboxylic acids is 1. The number of ether oxygens (including phenoxy) is 1. The Kier molecular flexibility index (Phi) is 7.12. The van der Waals surface area contributed by atoms with E-state index in [1.807, 2.05) is 6.92 Å². The van der Waals surface area contributed by atoms with Crippen LogP contribution in [-0.4, -0.2) is 36.4 Å². The zero-order valence-corrected chi connectivity index (χ0v) is 15.3. The van der Waals surface area contributed by atoms with Crippen LogP contribution in [0.5, 0.6) is 5.75 Å². The quantitative estimate of drug-likeness (QED) is 0.327. The van der Waals surface area contributed by atoms with Gasteiger partial charge in [-0.2, -0.15) is 0 Å². The van der Waals surface area contributed by atoms with E-state index in [0.29, 0.717) is 6.42 Å². The Morgan fingerprint density at radius 3 is 2.59 bits per heavy atom. The van der Waals surface area contributed by atoms with Crippen molar-refractivity contribution < 1.29 is 27.1 Å². The third kappa shape index (κ3) is 6.71. The molecule has 1 fully saturated rings. The molecule has 1 heterocycles. The smallest absolute Gasteiger partial charge is 0.406 e. The normalized spacial score (nSPS) is 25.7. The predicted octanol–water partition coefficient (Wildman–Crippen LogP) is 3.65. The number of halogens is 5. The molecule has 0 bridgehead atoms. The van der Waals surface area contributed by atoms with E-state index in [0.717, 1.165) is 25.0 Å². The molecule has 0 saturated carbocycles. The number of rotatable bonds is 6. The van der Waals surface area contributed by atoms with Crippen LogP contribution in [0.15, 0.2) is 24.3 Å². The van der Waals surface area contributed by atoms with Crippen molar-refractivity contribution in [2.24, 2.45) is 0 Å². The van der Waals surface area contributed by atoms with Crippen LogP contribution in [0.4, 0.5) is 28.0 Å². The Bertz CT molecular complexity index is 628.